The first-order valence-electron chi connectivity index (χ1n) is 6.96. The van der Waals surface area contributed by atoms with Crippen molar-refractivity contribution in [2.24, 2.45) is 4.99 Å². The van der Waals surface area contributed by atoms with Gasteiger partial charge in [-0.25, -0.2) is 4.99 Å². The van der Waals surface area contributed by atoms with Crippen LogP contribution in [0.3, 0.4) is 0 Å². The van der Waals surface area contributed by atoms with Crippen LogP contribution in [0, 0.1) is 5.41 Å². The molecule has 1 unspecified atom stereocenters. The maximum absolute atomic E-state index is 7.86. The van der Waals surface area contributed by atoms with E-state index in [1.807, 2.05) is 32.1 Å². The van der Waals surface area contributed by atoms with Crippen LogP contribution in [0.5, 0.6) is 0 Å². The maximum Gasteiger partial charge on any atom is 0.146 e. The Morgan fingerprint density at radius 2 is 1.95 bits per heavy atom. The largest absolute Gasteiger partial charge is 0.325 e. The molecule has 1 atom stereocenters. The lowest BCUT2D eigenvalue weighted by molar-refractivity contribution is 0.822. The van der Waals surface area contributed by atoms with Crippen molar-refractivity contribution >= 4 is 17.4 Å². The lowest BCUT2D eigenvalue weighted by Gasteiger charge is -2.19. The zero-order chi connectivity index (χ0) is 14.5. The summed E-state index contributed by atoms with van der Waals surface area (Å²) in [5.74, 6) is 1.59. The Morgan fingerprint density at radius 3 is 2.65 bits per heavy atom. The van der Waals surface area contributed by atoms with Gasteiger partial charge in [-0.15, -0.1) is 0 Å². The van der Waals surface area contributed by atoms with E-state index in [-0.39, 0.29) is 5.84 Å². The van der Waals surface area contributed by atoms with E-state index in [2.05, 4.69) is 41.1 Å². The Morgan fingerprint density at radius 1 is 1.25 bits per heavy atom. The molecule has 0 spiro atoms. The van der Waals surface area contributed by atoms with Crippen molar-refractivity contribution in [3.05, 3.63) is 54.1 Å². The number of anilines is 1. The predicted molar refractivity (Wildman–Crippen MR) is 87.0 cm³/mol. The second kappa shape index (κ2) is 6.33. The number of rotatable bonds is 2. The van der Waals surface area contributed by atoms with Crippen molar-refractivity contribution in [1.29, 1.82) is 5.41 Å². The van der Waals surface area contributed by atoms with Gasteiger partial charge in [0.15, 0.2) is 0 Å². The van der Waals surface area contributed by atoms with Crippen molar-refractivity contribution < 1.29 is 0 Å². The highest BCUT2D eigenvalue weighted by Gasteiger charge is 2.27. The fourth-order valence-electron chi connectivity index (χ4n) is 2.49. The van der Waals surface area contributed by atoms with Gasteiger partial charge in [0.2, 0.25) is 0 Å². The van der Waals surface area contributed by atoms with Crippen LogP contribution in [0.2, 0.25) is 0 Å². The summed E-state index contributed by atoms with van der Waals surface area (Å²) in [6.45, 7) is 7.00. The Bertz CT molecular complexity index is 582. The molecule has 1 N–H and O–H groups in total. The smallest absolute Gasteiger partial charge is 0.146 e. The molecular formula is C17H21N3. The highest BCUT2D eigenvalue weighted by Crippen LogP contribution is 2.35. The van der Waals surface area contributed by atoms with Crippen LogP contribution >= 0.6 is 0 Å². The molecule has 0 amide bonds. The van der Waals surface area contributed by atoms with Crippen LogP contribution in [0.15, 0.2) is 53.6 Å². The summed E-state index contributed by atoms with van der Waals surface area (Å²) >= 11 is 0. The van der Waals surface area contributed by atoms with E-state index in [9.17, 15) is 0 Å². The minimum absolute atomic E-state index is 0.276. The summed E-state index contributed by atoms with van der Waals surface area (Å²) in [4.78, 5) is 6.62. The zero-order valence-corrected chi connectivity index (χ0v) is 12.3. The van der Waals surface area contributed by atoms with E-state index in [4.69, 9.17) is 5.41 Å². The number of aliphatic imine (C=N–C) groups is 1. The van der Waals surface area contributed by atoms with E-state index in [0.717, 1.165) is 12.4 Å². The number of nitrogens with zero attached hydrogens (tertiary/aromatic N) is 2. The third-order valence-electron chi connectivity index (χ3n) is 3.37. The van der Waals surface area contributed by atoms with Gasteiger partial charge in [-0.1, -0.05) is 37.3 Å². The molecule has 0 saturated heterocycles. The second-order valence-corrected chi connectivity index (χ2v) is 4.93. The molecule has 104 valence electrons. The number of nitrogens with one attached hydrogen (secondary N) is 1. The SMILES string of the molecule is C/C=C\C(=N)N=C(/C=C\C)N1CC(C)c2ccccc21. The van der Waals surface area contributed by atoms with Crippen LogP contribution in [0.1, 0.15) is 32.3 Å². The lowest BCUT2D eigenvalue weighted by Crippen LogP contribution is -2.28. The Hall–Kier alpha value is -2.16. The first-order chi connectivity index (χ1) is 9.67. The molecule has 0 aliphatic carbocycles. The molecule has 2 rings (SSSR count). The molecule has 20 heavy (non-hydrogen) atoms. The maximum atomic E-state index is 7.86. The first kappa shape index (κ1) is 14.3. The third kappa shape index (κ3) is 2.87. The molecule has 1 aromatic carbocycles. The average Bonchev–Trinajstić information content (AvgIpc) is 2.77. The number of amidine groups is 2. The molecule has 3 heteroatoms. The van der Waals surface area contributed by atoms with E-state index in [1.165, 1.54) is 11.3 Å². The van der Waals surface area contributed by atoms with E-state index < -0.39 is 0 Å². The molecule has 1 aromatic rings. The molecule has 1 aliphatic rings. The number of hydrogen-bond acceptors (Lipinski definition) is 1. The quantitative estimate of drug-likeness (QED) is 0.635. The summed E-state index contributed by atoms with van der Waals surface area (Å²) in [5.41, 5.74) is 2.55. The predicted octanol–water partition coefficient (Wildman–Crippen LogP) is 4.14. The van der Waals surface area contributed by atoms with Crippen molar-refractivity contribution in [2.45, 2.75) is 26.7 Å². The average molecular weight is 267 g/mol. The highest BCUT2D eigenvalue weighted by atomic mass is 15.2. The lowest BCUT2D eigenvalue weighted by atomic mass is 10.0. The molecule has 0 saturated carbocycles. The summed E-state index contributed by atoms with van der Waals surface area (Å²) in [5, 5.41) is 7.86. The number of fused-ring (bicyclic) bond motifs is 1. The molecule has 0 aromatic heterocycles. The van der Waals surface area contributed by atoms with Gasteiger partial charge in [0.1, 0.15) is 11.7 Å². The van der Waals surface area contributed by atoms with Gasteiger partial charge in [-0.05, 0) is 37.6 Å². The fraction of sp³-hybridized carbons (Fsp3) is 0.294. The van der Waals surface area contributed by atoms with E-state index in [1.54, 1.807) is 6.08 Å². The van der Waals surface area contributed by atoms with Crippen LogP contribution < -0.4 is 4.90 Å². The molecule has 3 nitrogen and oxygen atoms in total. The summed E-state index contributed by atoms with van der Waals surface area (Å²) < 4.78 is 0. The van der Waals surface area contributed by atoms with Crippen LogP contribution in [0.25, 0.3) is 0 Å². The number of hydrogen-bond donors (Lipinski definition) is 1. The third-order valence-corrected chi connectivity index (χ3v) is 3.37. The molecule has 0 fully saturated rings. The van der Waals surface area contributed by atoms with Crippen molar-refractivity contribution in [3.8, 4) is 0 Å². The minimum Gasteiger partial charge on any atom is -0.325 e. The molecule has 1 heterocycles. The van der Waals surface area contributed by atoms with Crippen LogP contribution in [0.4, 0.5) is 5.69 Å². The fourth-order valence-corrected chi connectivity index (χ4v) is 2.49. The van der Waals surface area contributed by atoms with Crippen molar-refractivity contribution in [2.75, 3.05) is 11.4 Å². The monoisotopic (exact) mass is 267 g/mol. The van der Waals surface area contributed by atoms with Gasteiger partial charge >= 0.3 is 0 Å². The summed E-state index contributed by atoms with van der Waals surface area (Å²) in [6.07, 6.45) is 7.47. The van der Waals surface area contributed by atoms with Gasteiger partial charge in [0, 0.05) is 18.2 Å². The second-order valence-electron chi connectivity index (χ2n) is 4.93. The number of allylic oxidation sites excluding steroid dienone is 2. The standard InChI is InChI=1S/C17H21N3/c1-4-8-16(18)19-17(9-5-2)20-12-13(3)14-10-6-7-11-15(14)20/h4-11,13,18H,12H2,1-3H3/b8-4-,9-5-,18-16?,19-17?. The van der Waals surface area contributed by atoms with Gasteiger partial charge in [0.25, 0.3) is 0 Å². The van der Waals surface area contributed by atoms with E-state index in [0.29, 0.717) is 5.92 Å². The molecule has 0 bridgehead atoms. The highest BCUT2D eigenvalue weighted by molar-refractivity contribution is 6.13. The number of para-hydroxylation sites is 1. The molecular weight excluding hydrogens is 246 g/mol. The molecule has 0 radical (unpaired) electrons. The number of benzene rings is 1. The summed E-state index contributed by atoms with van der Waals surface area (Å²) in [7, 11) is 0. The van der Waals surface area contributed by atoms with Crippen molar-refractivity contribution in [3.63, 3.8) is 0 Å². The normalized spacial score (nSPS) is 19.1. The van der Waals surface area contributed by atoms with Crippen LogP contribution in [-0.2, 0) is 0 Å². The summed E-state index contributed by atoms with van der Waals surface area (Å²) in [6, 6.07) is 8.42. The zero-order valence-electron chi connectivity index (χ0n) is 12.3. The topological polar surface area (TPSA) is 39.5 Å². The Labute approximate surface area is 120 Å². The van der Waals surface area contributed by atoms with Gasteiger partial charge < -0.3 is 4.90 Å². The first-order valence-corrected chi connectivity index (χ1v) is 6.96. The Kier molecular flexibility index (Phi) is 4.51. The van der Waals surface area contributed by atoms with Gasteiger partial charge in [-0.2, -0.15) is 0 Å². The van der Waals surface area contributed by atoms with E-state index >= 15 is 0 Å². The minimum atomic E-state index is 0.276. The molecule has 1 aliphatic heterocycles. The van der Waals surface area contributed by atoms with Crippen molar-refractivity contribution in [1.82, 2.24) is 0 Å². The van der Waals surface area contributed by atoms with Gasteiger partial charge in [-0.3, -0.25) is 5.41 Å². The Balaban J connectivity index is 2.40. The van der Waals surface area contributed by atoms with Gasteiger partial charge in [0.05, 0.1) is 0 Å². The van der Waals surface area contributed by atoms with Crippen LogP contribution in [-0.4, -0.2) is 18.2 Å².